The highest BCUT2D eigenvalue weighted by molar-refractivity contribution is 6.12. The molecule has 0 aliphatic carbocycles. The molecule has 2 atom stereocenters. The van der Waals surface area contributed by atoms with Crippen LogP contribution in [0, 0.1) is 12.7 Å². The predicted molar refractivity (Wildman–Crippen MR) is 121 cm³/mol. The number of imidazole rings is 1. The molecule has 5 rings (SSSR count). The largest absolute Gasteiger partial charge is 0.367 e. The lowest BCUT2D eigenvalue weighted by Crippen LogP contribution is -2.54. The smallest absolute Gasteiger partial charge is 0.276 e. The van der Waals surface area contributed by atoms with Crippen LogP contribution < -0.4 is 15.5 Å². The van der Waals surface area contributed by atoms with Crippen molar-refractivity contribution in [2.75, 3.05) is 23.3 Å². The number of pyridine rings is 2. The van der Waals surface area contributed by atoms with Crippen molar-refractivity contribution in [2.45, 2.75) is 32.9 Å². The van der Waals surface area contributed by atoms with Gasteiger partial charge in [-0.3, -0.25) is 9.48 Å². The van der Waals surface area contributed by atoms with Crippen molar-refractivity contribution in [3.63, 3.8) is 0 Å². The highest BCUT2D eigenvalue weighted by Gasteiger charge is 2.25. The van der Waals surface area contributed by atoms with Crippen LogP contribution in [0.1, 0.15) is 30.0 Å². The third-order valence-corrected chi connectivity index (χ3v) is 5.64. The van der Waals surface area contributed by atoms with Gasteiger partial charge in [-0.1, -0.05) is 0 Å². The van der Waals surface area contributed by atoms with Gasteiger partial charge in [-0.15, -0.1) is 0 Å². The van der Waals surface area contributed by atoms with E-state index in [4.69, 9.17) is 0 Å². The number of hydrogen-bond donors (Lipinski definition) is 2. The molecule has 1 amide bonds. The first-order valence-electron chi connectivity index (χ1n) is 10.6. The summed E-state index contributed by atoms with van der Waals surface area (Å²) in [6, 6.07) is 1.93. The maximum absolute atomic E-state index is 14.4. The molecule has 1 aliphatic heterocycles. The number of hydrogen-bond acceptors (Lipinski definition) is 6. The molecule has 0 saturated carbocycles. The van der Waals surface area contributed by atoms with Crippen LogP contribution in [0.5, 0.6) is 0 Å². The Morgan fingerprint density at radius 2 is 1.97 bits per heavy atom. The van der Waals surface area contributed by atoms with E-state index >= 15 is 0 Å². The first-order valence-corrected chi connectivity index (χ1v) is 10.6. The standard InChI is InChI=1S/C22H25FN8O/c1-12-7-30(8-13(2)25-12)18-6-24-20(19-16(18)11-29(4)28-19)22(32)27-15-5-17(23)21-26-14(3)9-31(21)10-15/h5-6,9-13,25H,7-8H2,1-4H3,(H,27,32). The van der Waals surface area contributed by atoms with E-state index in [1.165, 1.54) is 6.07 Å². The molecule has 9 nitrogen and oxygen atoms in total. The summed E-state index contributed by atoms with van der Waals surface area (Å²) in [6.07, 6.45) is 6.96. The molecule has 0 aromatic carbocycles. The third kappa shape index (κ3) is 3.56. The molecular formula is C22H25FN8O. The Morgan fingerprint density at radius 1 is 1.22 bits per heavy atom. The van der Waals surface area contributed by atoms with E-state index in [2.05, 4.69) is 44.4 Å². The van der Waals surface area contributed by atoms with Crippen LogP contribution in [0.4, 0.5) is 15.8 Å². The Morgan fingerprint density at radius 3 is 2.72 bits per heavy atom. The summed E-state index contributed by atoms with van der Waals surface area (Å²) < 4.78 is 17.7. The summed E-state index contributed by atoms with van der Waals surface area (Å²) in [5.41, 5.74) is 2.89. The summed E-state index contributed by atoms with van der Waals surface area (Å²) in [7, 11) is 1.82. The summed E-state index contributed by atoms with van der Waals surface area (Å²) >= 11 is 0. The molecule has 4 aromatic rings. The summed E-state index contributed by atoms with van der Waals surface area (Å²) in [5.74, 6) is -0.956. The molecule has 0 bridgehead atoms. The van der Waals surface area contributed by atoms with E-state index < -0.39 is 11.7 Å². The van der Waals surface area contributed by atoms with Gasteiger partial charge in [-0.2, -0.15) is 5.10 Å². The van der Waals surface area contributed by atoms with Gasteiger partial charge in [0.2, 0.25) is 0 Å². The summed E-state index contributed by atoms with van der Waals surface area (Å²) in [4.78, 5) is 24.0. The predicted octanol–water partition coefficient (Wildman–Crippen LogP) is 2.50. The van der Waals surface area contributed by atoms with Gasteiger partial charge in [0.1, 0.15) is 5.52 Å². The fourth-order valence-electron chi connectivity index (χ4n) is 4.49. The number of aryl methyl sites for hydroxylation is 2. The topological polar surface area (TPSA) is 92.4 Å². The second kappa shape index (κ2) is 7.56. The number of nitrogens with zero attached hydrogens (tertiary/aromatic N) is 6. The Bertz CT molecular complexity index is 1330. The maximum Gasteiger partial charge on any atom is 0.276 e. The second-order valence-corrected chi connectivity index (χ2v) is 8.57. The average molecular weight is 436 g/mol. The normalized spacial score (nSPS) is 19.1. The van der Waals surface area contributed by atoms with E-state index in [1.54, 1.807) is 34.6 Å². The molecule has 1 saturated heterocycles. The quantitative estimate of drug-likeness (QED) is 0.513. The van der Waals surface area contributed by atoms with Crippen molar-refractivity contribution in [2.24, 2.45) is 7.05 Å². The molecule has 166 valence electrons. The lowest BCUT2D eigenvalue weighted by molar-refractivity contribution is 0.102. The van der Waals surface area contributed by atoms with Crippen molar-refractivity contribution in [3.8, 4) is 0 Å². The van der Waals surface area contributed by atoms with Crippen molar-refractivity contribution in [3.05, 3.63) is 48.1 Å². The van der Waals surface area contributed by atoms with Crippen LogP contribution >= 0.6 is 0 Å². The van der Waals surface area contributed by atoms with Crippen molar-refractivity contribution >= 4 is 33.8 Å². The lowest BCUT2D eigenvalue weighted by atomic mass is 10.1. The molecular weight excluding hydrogens is 411 g/mol. The van der Waals surface area contributed by atoms with E-state index in [-0.39, 0.29) is 11.3 Å². The van der Waals surface area contributed by atoms with Crippen molar-refractivity contribution < 1.29 is 9.18 Å². The molecule has 10 heteroatoms. The Labute approximate surface area is 184 Å². The SMILES string of the molecule is Cc1cn2cc(NC(=O)c3ncc(N4CC(C)NC(C)C4)c4cn(C)nc34)cc(F)c2n1. The molecule has 1 aliphatic rings. The van der Waals surface area contributed by atoms with Crippen LogP contribution in [-0.2, 0) is 7.05 Å². The average Bonchev–Trinajstić information content (AvgIpc) is 3.28. The highest BCUT2D eigenvalue weighted by Crippen LogP contribution is 2.29. The zero-order chi connectivity index (χ0) is 22.6. The number of anilines is 2. The number of nitrogens with one attached hydrogen (secondary N) is 2. The van der Waals surface area contributed by atoms with Gasteiger partial charge < -0.3 is 19.9 Å². The van der Waals surface area contributed by atoms with Crippen LogP contribution in [0.2, 0.25) is 0 Å². The number of amides is 1. The molecule has 32 heavy (non-hydrogen) atoms. The molecule has 1 fully saturated rings. The highest BCUT2D eigenvalue weighted by atomic mass is 19.1. The molecule has 4 aromatic heterocycles. The van der Waals surface area contributed by atoms with E-state index in [9.17, 15) is 9.18 Å². The molecule has 2 unspecified atom stereocenters. The summed E-state index contributed by atoms with van der Waals surface area (Å²) in [6.45, 7) is 7.76. The van der Waals surface area contributed by atoms with Gasteiger partial charge in [0.15, 0.2) is 17.2 Å². The lowest BCUT2D eigenvalue weighted by Gasteiger charge is -2.37. The van der Waals surface area contributed by atoms with Crippen LogP contribution in [0.3, 0.4) is 0 Å². The Kier molecular flexibility index (Phi) is 4.81. The van der Waals surface area contributed by atoms with Gasteiger partial charge >= 0.3 is 0 Å². The van der Waals surface area contributed by atoms with E-state index in [1.807, 2.05) is 13.2 Å². The second-order valence-electron chi connectivity index (χ2n) is 8.57. The number of piperazine rings is 1. The fraction of sp³-hybridized carbons (Fsp3) is 0.364. The first-order chi connectivity index (χ1) is 15.3. The minimum atomic E-state index is -0.510. The van der Waals surface area contributed by atoms with Crippen molar-refractivity contribution in [1.29, 1.82) is 0 Å². The minimum absolute atomic E-state index is 0.197. The van der Waals surface area contributed by atoms with E-state index in [0.717, 1.165) is 24.2 Å². The van der Waals surface area contributed by atoms with Gasteiger partial charge in [0, 0.05) is 62.3 Å². The maximum atomic E-state index is 14.4. The third-order valence-electron chi connectivity index (χ3n) is 5.64. The van der Waals surface area contributed by atoms with Crippen LogP contribution in [0.15, 0.2) is 30.9 Å². The molecule has 5 heterocycles. The van der Waals surface area contributed by atoms with Gasteiger partial charge in [-0.05, 0) is 20.8 Å². The van der Waals surface area contributed by atoms with Gasteiger partial charge in [0.25, 0.3) is 5.91 Å². The fourth-order valence-corrected chi connectivity index (χ4v) is 4.49. The van der Waals surface area contributed by atoms with E-state index in [0.29, 0.717) is 29.0 Å². The van der Waals surface area contributed by atoms with Crippen molar-refractivity contribution in [1.82, 2.24) is 29.5 Å². The number of rotatable bonds is 3. The minimum Gasteiger partial charge on any atom is -0.367 e. The van der Waals surface area contributed by atoms with Gasteiger partial charge in [0.05, 0.1) is 23.3 Å². The zero-order valence-electron chi connectivity index (χ0n) is 18.4. The zero-order valence-corrected chi connectivity index (χ0v) is 18.4. The number of halogens is 1. The first kappa shape index (κ1) is 20.4. The monoisotopic (exact) mass is 436 g/mol. The molecule has 0 radical (unpaired) electrons. The number of aromatic nitrogens is 5. The van der Waals surface area contributed by atoms with Gasteiger partial charge in [-0.25, -0.2) is 14.4 Å². The van der Waals surface area contributed by atoms with Crippen LogP contribution in [-0.4, -0.2) is 55.2 Å². The number of carbonyl (C=O) groups is 1. The van der Waals surface area contributed by atoms with Crippen LogP contribution in [0.25, 0.3) is 16.6 Å². The molecule has 2 N–H and O–H groups in total. The Balaban J connectivity index is 1.50. The number of carbonyl (C=O) groups excluding carboxylic acids is 1. The summed E-state index contributed by atoms with van der Waals surface area (Å²) in [5, 5.41) is 11.6. The molecule has 0 spiro atoms. The number of fused-ring (bicyclic) bond motifs is 2. The Hall–Kier alpha value is -3.53.